The minimum Gasteiger partial charge on any atom is -0.398 e. The van der Waals surface area contributed by atoms with Gasteiger partial charge in [0, 0.05) is 30.9 Å². The molecule has 1 unspecified atom stereocenters. The van der Waals surface area contributed by atoms with Gasteiger partial charge in [0.1, 0.15) is 6.10 Å². The van der Waals surface area contributed by atoms with Crippen molar-refractivity contribution in [3.8, 4) is 0 Å². The first kappa shape index (κ1) is 24.1. The molecule has 11 nitrogen and oxygen atoms in total. The highest BCUT2D eigenvalue weighted by molar-refractivity contribution is 7.19. The Morgan fingerprint density at radius 3 is 2.86 bits per heavy atom. The summed E-state index contributed by atoms with van der Waals surface area (Å²) in [6.45, 7) is 2.39. The molecule has 4 N–H and O–H groups in total. The molecule has 5 rings (SSSR count). The molecule has 0 spiro atoms. The maximum absolute atomic E-state index is 11.5. The van der Waals surface area contributed by atoms with E-state index < -0.39 is 5.91 Å². The van der Waals surface area contributed by atoms with Crippen LogP contribution in [0, 0.1) is 0 Å². The minimum absolute atomic E-state index is 0.155. The third kappa shape index (κ3) is 5.02. The normalized spacial score (nSPS) is 15.8. The molecule has 13 heteroatoms. The van der Waals surface area contributed by atoms with Crippen molar-refractivity contribution in [2.75, 3.05) is 42.3 Å². The number of fused-ring (bicyclic) bond motifs is 1. The number of halogens is 1. The molecule has 1 atom stereocenters. The van der Waals surface area contributed by atoms with E-state index in [0.29, 0.717) is 48.8 Å². The van der Waals surface area contributed by atoms with Crippen molar-refractivity contribution in [3.05, 3.63) is 63.9 Å². The van der Waals surface area contributed by atoms with Crippen molar-refractivity contribution in [2.24, 2.45) is 0 Å². The molecule has 4 heterocycles. The van der Waals surface area contributed by atoms with E-state index >= 15 is 0 Å². The molecule has 1 saturated heterocycles. The predicted octanol–water partition coefficient (Wildman–Crippen LogP) is 3.05. The Kier molecular flexibility index (Phi) is 6.83. The number of carbonyl (C=O) groups excluding carboxylic acids is 1. The molecule has 186 valence electrons. The monoisotopic (exact) mass is 526 g/mol. The van der Waals surface area contributed by atoms with Gasteiger partial charge in [-0.2, -0.15) is 0 Å². The van der Waals surface area contributed by atoms with E-state index in [4.69, 9.17) is 32.3 Å². The summed E-state index contributed by atoms with van der Waals surface area (Å²) in [5.74, 6) is 0.443. The van der Waals surface area contributed by atoms with E-state index in [1.54, 1.807) is 22.9 Å². The molecule has 0 radical (unpaired) electrons. The molecule has 4 aromatic rings. The average Bonchev–Trinajstić information content (AvgIpc) is 3.31. The van der Waals surface area contributed by atoms with Gasteiger partial charge in [-0.25, -0.2) is 25.4 Å². The summed E-state index contributed by atoms with van der Waals surface area (Å²) >= 11 is 7.80. The van der Waals surface area contributed by atoms with E-state index in [9.17, 15) is 4.79 Å². The lowest BCUT2D eigenvalue weighted by Gasteiger charge is -2.33. The zero-order chi connectivity index (χ0) is 25.2. The second-order valence-electron chi connectivity index (χ2n) is 8.29. The van der Waals surface area contributed by atoms with Crippen LogP contribution >= 0.6 is 22.9 Å². The van der Waals surface area contributed by atoms with Crippen molar-refractivity contribution in [1.29, 1.82) is 0 Å². The fourth-order valence-corrected chi connectivity index (χ4v) is 5.11. The molecule has 1 aliphatic rings. The van der Waals surface area contributed by atoms with Crippen LogP contribution in [0.3, 0.4) is 0 Å². The Morgan fingerprint density at radius 2 is 2.11 bits per heavy atom. The maximum atomic E-state index is 11.5. The number of hydroxylamine groups is 1. The number of carbonyl (C=O) groups is 1. The fraction of sp³-hybridized carbons (Fsp3) is 0.261. The quantitative estimate of drug-likeness (QED) is 0.195. The zero-order valence-electron chi connectivity index (χ0n) is 19.3. The van der Waals surface area contributed by atoms with Crippen LogP contribution in [0.15, 0.2) is 42.9 Å². The summed E-state index contributed by atoms with van der Waals surface area (Å²) in [6, 6.07) is 7.60. The van der Waals surface area contributed by atoms with Crippen molar-refractivity contribution in [2.45, 2.75) is 12.6 Å². The number of nitrogens with zero attached hydrogens (tertiary/aromatic N) is 6. The maximum Gasteiger partial charge on any atom is 0.277 e. The Morgan fingerprint density at radius 1 is 1.31 bits per heavy atom. The third-order valence-corrected chi connectivity index (χ3v) is 7.16. The van der Waals surface area contributed by atoms with Gasteiger partial charge in [0.2, 0.25) is 11.9 Å². The highest BCUT2D eigenvalue weighted by Gasteiger charge is 2.24. The Bertz CT molecular complexity index is 1400. The molecule has 3 aromatic heterocycles. The van der Waals surface area contributed by atoms with Gasteiger partial charge in [-0.1, -0.05) is 17.7 Å². The average molecular weight is 527 g/mol. The second kappa shape index (κ2) is 10.2. The van der Waals surface area contributed by atoms with Crippen LogP contribution in [0.1, 0.15) is 26.9 Å². The van der Waals surface area contributed by atoms with Crippen molar-refractivity contribution < 1.29 is 14.7 Å². The van der Waals surface area contributed by atoms with Gasteiger partial charge in [-0.3, -0.25) is 10.0 Å². The van der Waals surface area contributed by atoms with Gasteiger partial charge in [-0.05, 0) is 23.8 Å². The van der Waals surface area contributed by atoms with Gasteiger partial charge in [0.15, 0.2) is 0 Å². The Balaban J connectivity index is 1.29. The number of anilines is 3. The first-order chi connectivity index (χ1) is 17.4. The summed E-state index contributed by atoms with van der Waals surface area (Å²) in [6.07, 6.45) is 4.41. The number of aromatic nitrogens is 4. The van der Waals surface area contributed by atoms with Crippen LogP contribution in [0.5, 0.6) is 0 Å². The van der Waals surface area contributed by atoms with Crippen LogP contribution in [-0.4, -0.2) is 57.8 Å². The van der Waals surface area contributed by atoms with Gasteiger partial charge in [0.25, 0.3) is 5.91 Å². The van der Waals surface area contributed by atoms with Crippen molar-refractivity contribution in [1.82, 2.24) is 25.4 Å². The largest absolute Gasteiger partial charge is 0.398 e. The first-order valence-corrected chi connectivity index (χ1v) is 12.3. The first-order valence-electron chi connectivity index (χ1n) is 11.1. The second-order valence-corrected chi connectivity index (χ2v) is 9.86. The van der Waals surface area contributed by atoms with Gasteiger partial charge in [-0.15, -0.1) is 11.3 Å². The van der Waals surface area contributed by atoms with Gasteiger partial charge in [0.05, 0.1) is 52.4 Å². The molecule has 1 amide bonds. The summed E-state index contributed by atoms with van der Waals surface area (Å²) in [5.41, 5.74) is 9.95. The molecule has 1 aliphatic heterocycles. The summed E-state index contributed by atoms with van der Waals surface area (Å²) in [4.78, 5) is 34.3. The number of benzene rings is 1. The number of thiophene rings is 1. The van der Waals surface area contributed by atoms with Crippen LogP contribution in [-0.2, 0) is 11.3 Å². The molecule has 36 heavy (non-hydrogen) atoms. The van der Waals surface area contributed by atoms with E-state index in [2.05, 4.69) is 19.9 Å². The SMILES string of the molecule is CN(Cc1cc2nc(N3CCOC(c4ccc(N)c(Cl)c4)C3)ncc2s1)c1ncc(C(=O)NO)cn1. The summed E-state index contributed by atoms with van der Waals surface area (Å²) in [5, 5.41) is 9.24. The van der Waals surface area contributed by atoms with E-state index in [1.807, 2.05) is 36.3 Å². The number of amides is 1. The number of nitrogen functional groups attached to an aromatic ring is 1. The minimum atomic E-state index is -0.660. The highest BCUT2D eigenvalue weighted by Crippen LogP contribution is 2.31. The van der Waals surface area contributed by atoms with Crippen LogP contribution in [0.25, 0.3) is 10.2 Å². The standard InChI is InChI=1S/C23H23ClN8O3S/c1-31(22-26-8-14(9-27-22)21(33)30-34)11-15-7-18-20(36-15)10-28-23(29-18)32-4-5-35-19(12-32)13-2-3-17(25)16(24)6-13/h2-3,6-10,19,34H,4-5,11-12,25H2,1H3,(H,30,33). The van der Waals surface area contributed by atoms with Crippen LogP contribution in [0.4, 0.5) is 17.6 Å². The molecular weight excluding hydrogens is 504 g/mol. The Labute approximate surface area is 215 Å². The lowest BCUT2D eigenvalue weighted by molar-refractivity contribution is 0.0392. The molecule has 0 aliphatic carbocycles. The van der Waals surface area contributed by atoms with E-state index in [-0.39, 0.29) is 11.7 Å². The number of ether oxygens (including phenoxy) is 1. The smallest absolute Gasteiger partial charge is 0.277 e. The highest BCUT2D eigenvalue weighted by atomic mass is 35.5. The Hall–Kier alpha value is -3.58. The van der Waals surface area contributed by atoms with Gasteiger partial charge >= 0.3 is 0 Å². The third-order valence-electron chi connectivity index (χ3n) is 5.79. The lowest BCUT2D eigenvalue weighted by atomic mass is 10.1. The lowest BCUT2D eigenvalue weighted by Crippen LogP contribution is -2.39. The van der Waals surface area contributed by atoms with E-state index in [0.717, 1.165) is 20.7 Å². The van der Waals surface area contributed by atoms with Gasteiger partial charge < -0.3 is 20.3 Å². The predicted molar refractivity (Wildman–Crippen MR) is 138 cm³/mol. The fourth-order valence-electron chi connectivity index (χ4n) is 3.89. The number of nitrogens with one attached hydrogen (secondary N) is 1. The zero-order valence-corrected chi connectivity index (χ0v) is 20.8. The number of morpholine rings is 1. The number of hydrogen-bond acceptors (Lipinski definition) is 11. The van der Waals surface area contributed by atoms with E-state index in [1.165, 1.54) is 12.4 Å². The van der Waals surface area contributed by atoms with Crippen molar-refractivity contribution in [3.63, 3.8) is 0 Å². The summed E-state index contributed by atoms with van der Waals surface area (Å²) in [7, 11) is 1.86. The molecule has 0 bridgehead atoms. The summed E-state index contributed by atoms with van der Waals surface area (Å²) < 4.78 is 6.95. The van der Waals surface area contributed by atoms with Crippen molar-refractivity contribution >= 4 is 56.6 Å². The molecule has 1 aromatic carbocycles. The number of rotatable bonds is 6. The number of nitrogens with two attached hydrogens (primary N) is 1. The number of hydrogen-bond donors (Lipinski definition) is 3. The molecule has 0 saturated carbocycles. The topological polar surface area (TPSA) is 143 Å². The molecular formula is C23H23ClN8O3S. The van der Waals surface area contributed by atoms with Crippen LogP contribution < -0.4 is 21.0 Å². The van der Waals surface area contributed by atoms with Crippen LogP contribution in [0.2, 0.25) is 5.02 Å². The molecule has 1 fully saturated rings.